The fourth-order valence-electron chi connectivity index (χ4n) is 1.80. The molecule has 1 aromatic heterocycles. The van der Waals surface area contributed by atoms with Gasteiger partial charge in [-0.1, -0.05) is 23.7 Å². The van der Waals surface area contributed by atoms with Gasteiger partial charge in [-0.3, -0.25) is 0 Å². The van der Waals surface area contributed by atoms with Crippen LogP contribution in [0.5, 0.6) is 0 Å². The SMILES string of the molecule is Cc1ccc(-c2nncn2C2CC2)cc1Cl. The van der Waals surface area contributed by atoms with Crippen LogP contribution in [0.2, 0.25) is 5.02 Å². The van der Waals surface area contributed by atoms with Gasteiger partial charge in [0.15, 0.2) is 5.82 Å². The Balaban J connectivity index is 2.07. The van der Waals surface area contributed by atoms with Gasteiger partial charge in [-0.2, -0.15) is 0 Å². The van der Waals surface area contributed by atoms with E-state index in [9.17, 15) is 0 Å². The first kappa shape index (κ1) is 9.85. The number of rotatable bonds is 2. The van der Waals surface area contributed by atoms with Crippen LogP contribution < -0.4 is 0 Å². The number of hydrogen-bond donors (Lipinski definition) is 0. The van der Waals surface area contributed by atoms with E-state index in [2.05, 4.69) is 14.8 Å². The molecule has 0 amide bonds. The lowest BCUT2D eigenvalue weighted by molar-refractivity contribution is 0.746. The summed E-state index contributed by atoms with van der Waals surface area (Å²) in [6.07, 6.45) is 4.26. The van der Waals surface area contributed by atoms with E-state index >= 15 is 0 Å². The molecule has 1 aliphatic rings. The van der Waals surface area contributed by atoms with Crippen molar-refractivity contribution in [3.05, 3.63) is 35.1 Å². The highest BCUT2D eigenvalue weighted by Gasteiger charge is 2.26. The number of benzene rings is 1. The van der Waals surface area contributed by atoms with Crippen LogP contribution in [0.4, 0.5) is 0 Å². The normalized spacial score (nSPS) is 15.4. The van der Waals surface area contributed by atoms with Crippen LogP contribution in [0.3, 0.4) is 0 Å². The second-order valence-corrected chi connectivity index (χ2v) is 4.66. The summed E-state index contributed by atoms with van der Waals surface area (Å²) in [5.74, 6) is 0.921. The molecule has 3 rings (SSSR count). The Bertz CT molecular complexity index is 529. The van der Waals surface area contributed by atoms with Gasteiger partial charge in [0.05, 0.1) is 0 Å². The molecule has 0 saturated heterocycles. The zero-order valence-electron chi connectivity index (χ0n) is 9.02. The first-order valence-electron chi connectivity index (χ1n) is 5.42. The first-order chi connectivity index (χ1) is 7.75. The maximum absolute atomic E-state index is 6.12. The van der Waals surface area contributed by atoms with Gasteiger partial charge < -0.3 is 4.57 Å². The molecule has 1 aliphatic carbocycles. The van der Waals surface area contributed by atoms with Gasteiger partial charge in [0.1, 0.15) is 6.33 Å². The molecule has 4 heteroatoms. The van der Waals surface area contributed by atoms with Gasteiger partial charge in [0.2, 0.25) is 0 Å². The highest BCUT2D eigenvalue weighted by atomic mass is 35.5. The summed E-state index contributed by atoms with van der Waals surface area (Å²) >= 11 is 6.12. The van der Waals surface area contributed by atoms with Gasteiger partial charge in [0, 0.05) is 16.6 Å². The molecule has 3 nitrogen and oxygen atoms in total. The maximum atomic E-state index is 6.12. The molecular formula is C12H12ClN3. The molecule has 1 fully saturated rings. The van der Waals surface area contributed by atoms with Crippen molar-refractivity contribution in [1.29, 1.82) is 0 Å². The standard InChI is InChI=1S/C12H12ClN3/c1-8-2-3-9(6-11(8)13)12-15-14-7-16(12)10-4-5-10/h2-3,6-7,10H,4-5H2,1H3. The predicted molar refractivity (Wildman–Crippen MR) is 63.5 cm³/mol. The fraction of sp³-hybridized carbons (Fsp3) is 0.333. The molecule has 0 unspecified atom stereocenters. The van der Waals surface area contributed by atoms with Crippen LogP contribution in [0.1, 0.15) is 24.4 Å². The third-order valence-corrected chi connectivity index (χ3v) is 3.35. The lowest BCUT2D eigenvalue weighted by Crippen LogP contribution is -1.96. The Hall–Kier alpha value is -1.35. The summed E-state index contributed by atoms with van der Waals surface area (Å²) < 4.78 is 2.14. The minimum atomic E-state index is 0.588. The smallest absolute Gasteiger partial charge is 0.164 e. The molecule has 2 aromatic rings. The molecular weight excluding hydrogens is 222 g/mol. The van der Waals surface area contributed by atoms with Crippen LogP contribution in [-0.2, 0) is 0 Å². The number of halogens is 1. The van der Waals surface area contributed by atoms with Gasteiger partial charge in [-0.15, -0.1) is 10.2 Å². The van der Waals surface area contributed by atoms with Gasteiger partial charge in [-0.25, -0.2) is 0 Å². The Morgan fingerprint density at radius 2 is 2.19 bits per heavy atom. The van der Waals surface area contributed by atoms with Crippen LogP contribution in [0, 0.1) is 6.92 Å². The second-order valence-electron chi connectivity index (χ2n) is 4.26. The molecule has 82 valence electrons. The Morgan fingerprint density at radius 1 is 1.38 bits per heavy atom. The van der Waals surface area contributed by atoms with Crippen LogP contribution >= 0.6 is 11.6 Å². The van der Waals surface area contributed by atoms with E-state index in [1.165, 1.54) is 12.8 Å². The summed E-state index contributed by atoms with van der Waals surface area (Å²) in [7, 11) is 0. The van der Waals surface area contributed by atoms with Crippen molar-refractivity contribution in [2.45, 2.75) is 25.8 Å². The number of aromatic nitrogens is 3. The largest absolute Gasteiger partial charge is 0.310 e. The molecule has 16 heavy (non-hydrogen) atoms. The van der Waals surface area contributed by atoms with Crippen LogP contribution in [0.25, 0.3) is 11.4 Å². The van der Waals surface area contributed by atoms with E-state index in [0.29, 0.717) is 6.04 Å². The average Bonchev–Trinajstić information content (AvgIpc) is 3.01. The van der Waals surface area contributed by atoms with Gasteiger partial charge in [-0.05, 0) is 31.4 Å². The Morgan fingerprint density at radius 3 is 2.88 bits per heavy atom. The van der Waals surface area contributed by atoms with Gasteiger partial charge in [0.25, 0.3) is 0 Å². The topological polar surface area (TPSA) is 30.7 Å². The van der Waals surface area contributed by atoms with E-state index in [-0.39, 0.29) is 0 Å². The number of hydrogen-bond acceptors (Lipinski definition) is 2. The number of nitrogens with zero attached hydrogens (tertiary/aromatic N) is 3. The molecule has 0 radical (unpaired) electrons. The van der Waals surface area contributed by atoms with E-state index < -0.39 is 0 Å². The molecule has 0 aliphatic heterocycles. The highest BCUT2D eigenvalue weighted by molar-refractivity contribution is 6.31. The monoisotopic (exact) mass is 233 g/mol. The molecule has 1 saturated carbocycles. The zero-order chi connectivity index (χ0) is 11.1. The first-order valence-corrected chi connectivity index (χ1v) is 5.79. The van der Waals surface area contributed by atoms with Crippen LogP contribution in [0.15, 0.2) is 24.5 Å². The molecule has 1 heterocycles. The summed E-state index contributed by atoms with van der Waals surface area (Å²) in [6.45, 7) is 2.00. The van der Waals surface area contributed by atoms with E-state index in [0.717, 1.165) is 22.0 Å². The second kappa shape index (κ2) is 3.59. The van der Waals surface area contributed by atoms with E-state index in [1.54, 1.807) is 6.33 Å². The van der Waals surface area contributed by atoms with E-state index in [1.807, 2.05) is 25.1 Å². The van der Waals surface area contributed by atoms with Crippen molar-refractivity contribution < 1.29 is 0 Å². The molecule has 0 spiro atoms. The summed E-state index contributed by atoms with van der Waals surface area (Å²) in [4.78, 5) is 0. The number of aryl methyl sites for hydroxylation is 1. The lowest BCUT2D eigenvalue weighted by atomic mass is 10.1. The lowest BCUT2D eigenvalue weighted by Gasteiger charge is -2.05. The molecule has 0 bridgehead atoms. The summed E-state index contributed by atoms with van der Waals surface area (Å²) in [5.41, 5.74) is 2.13. The third-order valence-electron chi connectivity index (χ3n) is 2.94. The fourth-order valence-corrected chi connectivity index (χ4v) is 1.98. The summed E-state index contributed by atoms with van der Waals surface area (Å²) in [5, 5.41) is 8.93. The maximum Gasteiger partial charge on any atom is 0.164 e. The van der Waals surface area contributed by atoms with Crippen molar-refractivity contribution in [3.8, 4) is 11.4 Å². The molecule has 0 atom stereocenters. The van der Waals surface area contributed by atoms with Crippen LogP contribution in [-0.4, -0.2) is 14.8 Å². The minimum absolute atomic E-state index is 0.588. The molecule has 0 N–H and O–H groups in total. The highest BCUT2D eigenvalue weighted by Crippen LogP contribution is 2.37. The third kappa shape index (κ3) is 1.61. The quantitative estimate of drug-likeness (QED) is 0.797. The van der Waals surface area contributed by atoms with Crippen molar-refractivity contribution >= 4 is 11.6 Å². The average molecular weight is 234 g/mol. The minimum Gasteiger partial charge on any atom is -0.310 e. The van der Waals surface area contributed by atoms with Gasteiger partial charge >= 0.3 is 0 Å². The van der Waals surface area contributed by atoms with Crippen molar-refractivity contribution in [1.82, 2.24) is 14.8 Å². The van der Waals surface area contributed by atoms with Crippen molar-refractivity contribution in [2.24, 2.45) is 0 Å². The Kier molecular flexibility index (Phi) is 2.21. The molecule has 1 aromatic carbocycles. The van der Waals surface area contributed by atoms with Crippen molar-refractivity contribution in [3.63, 3.8) is 0 Å². The Labute approximate surface area is 99.1 Å². The zero-order valence-corrected chi connectivity index (χ0v) is 9.78. The summed E-state index contributed by atoms with van der Waals surface area (Å²) in [6, 6.07) is 6.61. The van der Waals surface area contributed by atoms with Crippen molar-refractivity contribution in [2.75, 3.05) is 0 Å². The van der Waals surface area contributed by atoms with E-state index in [4.69, 9.17) is 11.6 Å². The predicted octanol–water partition coefficient (Wildman–Crippen LogP) is 3.24.